The Morgan fingerprint density at radius 1 is 1.21 bits per heavy atom. The second-order valence-electron chi connectivity index (χ2n) is 4.93. The lowest BCUT2D eigenvalue weighted by Gasteiger charge is -2.18. The van der Waals surface area contributed by atoms with Crippen LogP contribution in [0, 0.1) is 5.41 Å². The van der Waals surface area contributed by atoms with Gasteiger partial charge >= 0.3 is 0 Å². The van der Waals surface area contributed by atoms with Crippen LogP contribution in [0.2, 0.25) is 0 Å². The fourth-order valence-electron chi connectivity index (χ4n) is 2.60. The summed E-state index contributed by atoms with van der Waals surface area (Å²) >= 11 is 0. The zero-order valence-corrected chi connectivity index (χ0v) is 11.6. The summed E-state index contributed by atoms with van der Waals surface area (Å²) in [5.74, 6) is 2.27. The Morgan fingerprint density at radius 2 is 1.79 bits per heavy atom. The Bertz CT molecular complexity index is 432. The van der Waals surface area contributed by atoms with Crippen molar-refractivity contribution in [2.45, 2.75) is 12.3 Å². The maximum absolute atomic E-state index is 9.53. The van der Waals surface area contributed by atoms with E-state index in [-0.39, 0.29) is 17.9 Å². The molecule has 0 bridgehead atoms. The van der Waals surface area contributed by atoms with Gasteiger partial charge in [0.15, 0.2) is 0 Å². The Labute approximate surface area is 113 Å². The molecule has 1 saturated carbocycles. The molecule has 0 aromatic heterocycles. The first kappa shape index (κ1) is 14.0. The molecule has 0 aliphatic heterocycles. The third-order valence-corrected chi connectivity index (χ3v) is 4.01. The molecule has 0 spiro atoms. The topological polar surface area (TPSA) is 73.9 Å². The fourth-order valence-corrected chi connectivity index (χ4v) is 2.60. The first-order chi connectivity index (χ1) is 9.15. The number of methoxy groups -OCH3 is 3. The van der Waals surface area contributed by atoms with Crippen molar-refractivity contribution in [1.29, 1.82) is 0 Å². The number of ether oxygens (including phenoxy) is 3. The van der Waals surface area contributed by atoms with Crippen LogP contribution >= 0.6 is 0 Å². The van der Waals surface area contributed by atoms with Gasteiger partial charge in [0.05, 0.1) is 27.9 Å². The molecular formula is C14H21NO4. The van der Waals surface area contributed by atoms with E-state index >= 15 is 0 Å². The SMILES string of the molecule is COc1cc(OC)c([C@H]2C[C@@]2(CN)CO)c(OC)c1. The van der Waals surface area contributed by atoms with E-state index in [0.717, 1.165) is 12.0 Å². The summed E-state index contributed by atoms with van der Waals surface area (Å²) in [4.78, 5) is 0. The van der Waals surface area contributed by atoms with Crippen molar-refractivity contribution in [1.82, 2.24) is 0 Å². The highest BCUT2D eigenvalue weighted by Crippen LogP contribution is 2.62. The van der Waals surface area contributed by atoms with Gasteiger partial charge < -0.3 is 25.1 Å². The minimum atomic E-state index is -0.241. The van der Waals surface area contributed by atoms with Gasteiger partial charge in [-0.25, -0.2) is 0 Å². The molecule has 2 rings (SSSR count). The van der Waals surface area contributed by atoms with Crippen molar-refractivity contribution >= 4 is 0 Å². The average Bonchev–Trinajstić information content (AvgIpc) is 3.20. The lowest BCUT2D eigenvalue weighted by Crippen LogP contribution is -2.21. The molecule has 0 saturated heterocycles. The Balaban J connectivity index is 2.45. The van der Waals surface area contributed by atoms with E-state index in [9.17, 15) is 5.11 Å². The van der Waals surface area contributed by atoms with Gasteiger partial charge in [-0.05, 0) is 6.42 Å². The minimum absolute atomic E-state index is 0.0759. The zero-order chi connectivity index (χ0) is 14.0. The van der Waals surface area contributed by atoms with Crippen LogP contribution in [0.3, 0.4) is 0 Å². The van der Waals surface area contributed by atoms with Gasteiger partial charge in [0.1, 0.15) is 17.2 Å². The largest absolute Gasteiger partial charge is 0.496 e. The normalized spacial score (nSPS) is 25.0. The average molecular weight is 267 g/mol. The van der Waals surface area contributed by atoms with E-state index in [0.29, 0.717) is 23.8 Å². The molecule has 0 radical (unpaired) electrons. The van der Waals surface area contributed by atoms with Gasteiger partial charge in [-0.3, -0.25) is 0 Å². The van der Waals surface area contributed by atoms with E-state index in [1.165, 1.54) is 0 Å². The standard InChI is InChI=1S/C14H21NO4/c1-17-9-4-11(18-2)13(12(5-9)19-3)10-6-14(10,7-15)8-16/h4-5,10,16H,6-8,15H2,1-3H3/t10-,14-/m1/s1. The molecule has 0 unspecified atom stereocenters. The Hall–Kier alpha value is -1.46. The summed E-state index contributed by atoms with van der Waals surface area (Å²) in [6.45, 7) is 0.527. The molecule has 0 heterocycles. The van der Waals surface area contributed by atoms with E-state index in [1.807, 2.05) is 12.1 Å². The summed E-state index contributed by atoms with van der Waals surface area (Å²) in [6, 6.07) is 3.66. The Kier molecular flexibility index (Phi) is 3.87. The number of aliphatic hydroxyl groups is 1. The molecule has 106 valence electrons. The van der Waals surface area contributed by atoms with E-state index in [1.54, 1.807) is 21.3 Å². The van der Waals surface area contributed by atoms with Crippen molar-refractivity contribution in [3.63, 3.8) is 0 Å². The number of hydrogen-bond acceptors (Lipinski definition) is 5. The predicted octanol–water partition coefficient (Wildman–Crippen LogP) is 1.14. The molecule has 1 fully saturated rings. The lowest BCUT2D eigenvalue weighted by atomic mass is 9.98. The molecule has 1 aromatic rings. The second kappa shape index (κ2) is 5.27. The van der Waals surface area contributed by atoms with E-state index < -0.39 is 0 Å². The number of aliphatic hydroxyl groups excluding tert-OH is 1. The highest BCUT2D eigenvalue weighted by molar-refractivity contribution is 5.55. The first-order valence-corrected chi connectivity index (χ1v) is 6.26. The summed E-state index contributed by atoms with van der Waals surface area (Å²) in [5, 5.41) is 9.53. The molecule has 1 aromatic carbocycles. The zero-order valence-electron chi connectivity index (χ0n) is 11.6. The van der Waals surface area contributed by atoms with Crippen molar-refractivity contribution in [3.05, 3.63) is 17.7 Å². The quantitative estimate of drug-likeness (QED) is 0.808. The third-order valence-electron chi connectivity index (χ3n) is 4.01. The van der Waals surface area contributed by atoms with Crippen LogP contribution in [0.4, 0.5) is 0 Å². The van der Waals surface area contributed by atoms with Crippen molar-refractivity contribution in [3.8, 4) is 17.2 Å². The van der Waals surface area contributed by atoms with Crippen LogP contribution < -0.4 is 19.9 Å². The van der Waals surface area contributed by atoms with Gasteiger partial charge in [-0.15, -0.1) is 0 Å². The first-order valence-electron chi connectivity index (χ1n) is 6.26. The number of rotatable bonds is 6. The van der Waals surface area contributed by atoms with Gasteiger partial charge in [-0.2, -0.15) is 0 Å². The molecular weight excluding hydrogens is 246 g/mol. The van der Waals surface area contributed by atoms with Crippen LogP contribution in [0.5, 0.6) is 17.2 Å². The summed E-state index contributed by atoms with van der Waals surface area (Å²) in [6.07, 6.45) is 0.846. The number of nitrogens with two attached hydrogens (primary N) is 1. The molecule has 5 heteroatoms. The summed E-state index contributed by atoms with van der Waals surface area (Å²) < 4.78 is 16.1. The monoisotopic (exact) mass is 267 g/mol. The number of hydrogen-bond donors (Lipinski definition) is 2. The molecule has 5 nitrogen and oxygen atoms in total. The van der Waals surface area contributed by atoms with Crippen LogP contribution in [-0.4, -0.2) is 39.6 Å². The lowest BCUT2D eigenvalue weighted by molar-refractivity contribution is 0.210. The molecule has 0 amide bonds. The molecule has 1 aliphatic carbocycles. The van der Waals surface area contributed by atoms with E-state index in [2.05, 4.69) is 0 Å². The second-order valence-corrected chi connectivity index (χ2v) is 4.93. The summed E-state index contributed by atoms with van der Waals surface area (Å²) in [5.41, 5.74) is 6.50. The molecule has 3 N–H and O–H groups in total. The minimum Gasteiger partial charge on any atom is -0.496 e. The van der Waals surface area contributed by atoms with Crippen LogP contribution in [0.1, 0.15) is 17.9 Å². The van der Waals surface area contributed by atoms with Gasteiger partial charge in [0, 0.05) is 35.6 Å². The fraction of sp³-hybridized carbons (Fsp3) is 0.571. The summed E-state index contributed by atoms with van der Waals surface area (Å²) in [7, 11) is 4.83. The van der Waals surface area contributed by atoms with Crippen molar-refractivity contribution in [2.75, 3.05) is 34.5 Å². The van der Waals surface area contributed by atoms with E-state index in [4.69, 9.17) is 19.9 Å². The van der Waals surface area contributed by atoms with Crippen LogP contribution in [0.25, 0.3) is 0 Å². The van der Waals surface area contributed by atoms with Crippen LogP contribution in [0.15, 0.2) is 12.1 Å². The van der Waals surface area contributed by atoms with Gasteiger partial charge in [0.25, 0.3) is 0 Å². The smallest absolute Gasteiger partial charge is 0.129 e. The van der Waals surface area contributed by atoms with Gasteiger partial charge in [-0.1, -0.05) is 0 Å². The highest BCUT2D eigenvalue weighted by atomic mass is 16.5. The highest BCUT2D eigenvalue weighted by Gasteiger charge is 2.55. The maximum Gasteiger partial charge on any atom is 0.129 e. The Morgan fingerprint density at radius 3 is 2.11 bits per heavy atom. The van der Waals surface area contributed by atoms with Crippen molar-refractivity contribution in [2.24, 2.45) is 11.1 Å². The number of benzene rings is 1. The third kappa shape index (κ3) is 2.24. The molecule has 1 aliphatic rings. The van der Waals surface area contributed by atoms with Gasteiger partial charge in [0.2, 0.25) is 0 Å². The molecule has 19 heavy (non-hydrogen) atoms. The van der Waals surface area contributed by atoms with Crippen molar-refractivity contribution < 1.29 is 19.3 Å². The van der Waals surface area contributed by atoms with Crippen LogP contribution in [-0.2, 0) is 0 Å². The molecule has 2 atom stereocenters. The maximum atomic E-state index is 9.53. The predicted molar refractivity (Wildman–Crippen MR) is 72.0 cm³/mol.